The molecule has 2 N–H and O–H groups in total. The van der Waals surface area contributed by atoms with Crippen molar-refractivity contribution >= 4 is 23.2 Å². The van der Waals surface area contributed by atoms with Gasteiger partial charge in [-0.1, -0.05) is 41.4 Å². The summed E-state index contributed by atoms with van der Waals surface area (Å²) in [5.74, 6) is 1.28. The molecule has 1 atom stereocenters. The second-order valence-corrected chi connectivity index (χ2v) is 5.49. The minimum absolute atomic E-state index is 0.0599. The van der Waals surface area contributed by atoms with Crippen LogP contribution in [0.25, 0.3) is 0 Å². The van der Waals surface area contributed by atoms with Crippen LogP contribution in [-0.2, 0) is 6.61 Å². The highest BCUT2D eigenvalue weighted by Crippen LogP contribution is 2.32. The molecule has 0 fully saturated rings. The van der Waals surface area contributed by atoms with Gasteiger partial charge in [0.1, 0.15) is 6.61 Å². The summed E-state index contributed by atoms with van der Waals surface area (Å²) in [5, 5.41) is 1.02. The maximum atomic E-state index is 6.14. The number of benzene rings is 2. The van der Waals surface area contributed by atoms with Crippen LogP contribution in [0, 0.1) is 0 Å². The molecular formula is C16H17Cl2NO2. The average Bonchev–Trinajstić information content (AvgIpc) is 2.48. The van der Waals surface area contributed by atoms with E-state index >= 15 is 0 Å². The van der Waals surface area contributed by atoms with Crippen molar-refractivity contribution in [1.29, 1.82) is 0 Å². The van der Waals surface area contributed by atoms with Crippen LogP contribution in [0.15, 0.2) is 36.4 Å². The van der Waals surface area contributed by atoms with E-state index in [0.29, 0.717) is 28.2 Å². The third-order valence-electron chi connectivity index (χ3n) is 3.13. The molecule has 0 saturated carbocycles. The Labute approximate surface area is 134 Å². The summed E-state index contributed by atoms with van der Waals surface area (Å²) < 4.78 is 11.1. The van der Waals surface area contributed by atoms with Crippen LogP contribution in [0.3, 0.4) is 0 Å². The molecule has 3 nitrogen and oxygen atoms in total. The molecule has 0 spiro atoms. The van der Waals surface area contributed by atoms with E-state index in [9.17, 15) is 0 Å². The standard InChI is InChI=1S/C16H17Cl2NO2/c1-10(19)11-6-7-14(15(8-11)20-2)21-9-12-4-3-5-13(17)16(12)18/h3-8,10H,9,19H2,1-2H3/t10-/m0/s1. The first-order valence-corrected chi connectivity index (χ1v) is 7.27. The molecule has 0 aliphatic carbocycles. The first-order valence-electron chi connectivity index (χ1n) is 6.52. The quantitative estimate of drug-likeness (QED) is 0.873. The Morgan fingerprint density at radius 3 is 2.57 bits per heavy atom. The van der Waals surface area contributed by atoms with Crippen LogP contribution in [0.1, 0.15) is 24.1 Å². The zero-order valence-corrected chi connectivity index (χ0v) is 13.4. The normalized spacial score (nSPS) is 12.0. The van der Waals surface area contributed by atoms with E-state index in [1.54, 1.807) is 13.2 Å². The Balaban J connectivity index is 2.18. The molecule has 0 aromatic heterocycles. The lowest BCUT2D eigenvalue weighted by Crippen LogP contribution is -2.06. The summed E-state index contributed by atoms with van der Waals surface area (Å²) in [5.41, 5.74) is 7.67. The lowest BCUT2D eigenvalue weighted by molar-refractivity contribution is 0.284. The fraction of sp³-hybridized carbons (Fsp3) is 0.250. The van der Waals surface area contributed by atoms with Crippen LogP contribution in [0.5, 0.6) is 11.5 Å². The van der Waals surface area contributed by atoms with Crippen LogP contribution >= 0.6 is 23.2 Å². The number of ether oxygens (including phenoxy) is 2. The van der Waals surface area contributed by atoms with Crippen LogP contribution < -0.4 is 15.2 Å². The van der Waals surface area contributed by atoms with E-state index in [1.165, 1.54) is 0 Å². The third-order valence-corrected chi connectivity index (χ3v) is 3.99. The second-order valence-electron chi connectivity index (χ2n) is 4.70. The van der Waals surface area contributed by atoms with Crippen molar-refractivity contribution in [3.05, 3.63) is 57.6 Å². The van der Waals surface area contributed by atoms with Crippen molar-refractivity contribution in [2.24, 2.45) is 5.73 Å². The first-order chi connectivity index (χ1) is 10.0. The van der Waals surface area contributed by atoms with Crippen LogP contribution in [0.2, 0.25) is 10.0 Å². The number of halogens is 2. The van der Waals surface area contributed by atoms with Gasteiger partial charge in [-0.2, -0.15) is 0 Å². The molecule has 5 heteroatoms. The van der Waals surface area contributed by atoms with E-state index in [4.69, 9.17) is 38.4 Å². The van der Waals surface area contributed by atoms with Crippen molar-refractivity contribution < 1.29 is 9.47 Å². The van der Waals surface area contributed by atoms with Crippen molar-refractivity contribution in [3.63, 3.8) is 0 Å². The van der Waals surface area contributed by atoms with E-state index in [-0.39, 0.29) is 6.04 Å². The summed E-state index contributed by atoms with van der Waals surface area (Å²) in [6.07, 6.45) is 0. The zero-order chi connectivity index (χ0) is 15.4. The number of hydrogen-bond acceptors (Lipinski definition) is 3. The summed E-state index contributed by atoms with van der Waals surface area (Å²) in [6, 6.07) is 11.0. The Morgan fingerprint density at radius 2 is 1.90 bits per heavy atom. The van der Waals surface area contributed by atoms with Crippen molar-refractivity contribution in [2.75, 3.05) is 7.11 Å². The fourth-order valence-corrected chi connectivity index (χ4v) is 2.28. The summed E-state index contributed by atoms with van der Waals surface area (Å²) >= 11 is 12.1. The lowest BCUT2D eigenvalue weighted by Gasteiger charge is -2.14. The van der Waals surface area contributed by atoms with E-state index < -0.39 is 0 Å². The van der Waals surface area contributed by atoms with Gasteiger partial charge < -0.3 is 15.2 Å². The molecule has 0 aliphatic heterocycles. The number of methoxy groups -OCH3 is 1. The smallest absolute Gasteiger partial charge is 0.161 e. The predicted octanol–water partition coefficient (Wildman–Crippen LogP) is 4.60. The van der Waals surface area contributed by atoms with Gasteiger partial charge in [0.25, 0.3) is 0 Å². The molecule has 0 amide bonds. The maximum Gasteiger partial charge on any atom is 0.161 e. The van der Waals surface area contributed by atoms with Crippen LogP contribution in [-0.4, -0.2) is 7.11 Å². The first kappa shape index (κ1) is 16.0. The van der Waals surface area contributed by atoms with E-state index in [1.807, 2.05) is 37.3 Å². The predicted molar refractivity (Wildman–Crippen MR) is 86.4 cm³/mol. The Hall–Kier alpha value is -1.42. The van der Waals surface area contributed by atoms with Gasteiger partial charge in [0.15, 0.2) is 11.5 Å². The molecule has 0 heterocycles. The number of rotatable bonds is 5. The highest BCUT2D eigenvalue weighted by molar-refractivity contribution is 6.42. The van der Waals surface area contributed by atoms with Crippen molar-refractivity contribution in [3.8, 4) is 11.5 Å². The molecule has 21 heavy (non-hydrogen) atoms. The largest absolute Gasteiger partial charge is 0.493 e. The van der Waals surface area contributed by atoms with Gasteiger partial charge in [-0.25, -0.2) is 0 Å². The third kappa shape index (κ3) is 3.82. The summed E-state index contributed by atoms with van der Waals surface area (Å²) in [4.78, 5) is 0. The summed E-state index contributed by atoms with van der Waals surface area (Å²) in [7, 11) is 1.60. The van der Waals surface area contributed by atoms with Crippen molar-refractivity contribution in [1.82, 2.24) is 0 Å². The lowest BCUT2D eigenvalue weighted by atomic mass is 10.1. The molecule has 2 rings (SSSR count). The SMILES string of the molecule is COc1cc([C@H](C)N)ccc1OCc1cccc(Cl)c1Cl. The van der Waals surface area contributed by atoms with Gasteiger partial charge in [0.2, 0.25) is 0 Å². The number of nitrogens with two attached hydrogens (primary N) is 1. The Kier molecular flexibility index (Phi) is 5.34. The average molecular weight is 326 g/mol. The molecule has 112 valence electrons. The second kappa shape index (κ2) is 7.03. The highest BCUT2D eigenvalue weighted by atomic mass is 35.5. The number of hydrogen-bond donors (Lipinski definition) is 1. The molecule has 0 radical (unpaired) electrons. The Bertz CT molecular complexity index is 630. The van der Waals surface area contributed by atoms with Gasteiger partial charge in [-0.05, 0) is 30.7 Å². The molecular weight excluding hydrogens is 309 g/mol. The monoisotopic (exact) mass is 325 g/mol. The van der Waals surface area contributed by atoms with Gasteiger partial charge in [-0.3, -0.25) is 0 Å². The molecule has 0 bridgehead atoms. The topological polar surface area (TPSA) is 44.5 Å². The van der Waals surface area contributed by atoms with Gasteiger partial charge >= 0.3 is 0 Å². The zero-order valence-electron chi connectivity index (χ0n) is 11.9. The van der Waals surface area contributed by atoms with E-state index in [2.05, 4.69) is 0 Å². The molecule has 2 aromatic rings. The summed E-state index contributed by atoms with van der Waals surface area (Å²) in [6.45, 7) is 2.23. The minimum atomic E-state index is -0.0599. The van der Waals surface area contributed by atoms with E-state index in [0.717, 1.165) is 11.1 Å². The maximum absolute atomic E-state index is 6.14. The van der Waals surface area contributed by atoms with Crippen molar-refractivity contribution in [2.45, 2.75) is 19.6 Å². The molecule has 0 aliphatic rings. The van der Waals surface area contributed by atoms with Gasteiger partial charge in [0, 0.05) is 11.6 Å². The molecule has 0 unspecified atom stereocenters. The Morgan fingerprint density at radius 1 is 1.14 bits per heavy atom. The van der Waals surface area contributed by atoms with Crippen LogP contribution in [0.4, 0.5) is 0 Å². The minimum Gasteiger partial charge on any atom is -0.493 e. The fourth-order valence-electron chi connectivity index (χ4n) is 1.90. The molecule has 2 aromatic carbocycles. The van der Waals surface area contributed by atoms with Gasteiger partial charge in [-0.15, -0.1) is 0 Å². The highest BCUT2D eigenvalue weighted by Gasteiger charge is 2.10. The van der Waals surface area contributed by atoms with Gasteiger partial charge in [0.05, 0.1) is 17.2 Å². The molecule has 0 saturated heterocycles.